The highest BCUT2D eigenvalue weighted by atomic mass is 35.5. The van der Waals surface area contributed by atoms with Crippen LogP contribution in [0.25, 0.3) is 0 Å². The molecule has 1 aliphatic rings. The number of carbonyl (C=O) groups excluding carboxylic acids is 2. The molecule has 11 nitrogen and oxygen atoms in total. The number of carbonyl (C=O) groups is 3. The molecule has 2 aromatic heterocycles. The standard InChI is InChI=1S/C26H26F3N5O2.C5H3ClN2O2/c1-18(19-7-3-2-4-8-19)17-30-24(35)22-11-12-23(32-31-22)33-13-15-34(16-14-33)25(36)20-9-5-6-10-21(20)26(27,28)29;6-4-2-1-3(5(9)10)7-8-4/h2-12,18H,13-17H2,1H3,(H,30,35);1-2H,(H,9,10). The lowest BCUT2D eigenvalue weighted by Gasteiger charge is -2.35. The average Bonchev–Trinajstić information content (AvgIpc) is 3.07. The van der Waals surface area contributed by atoms with E-state index in [0.29, 0.717) is 25.5 Å². The molecular weight excluding hydrogens is 627 g/mol. The maximum absolute atomic E-state index is 13.3. The Hall–Kier alpha value is -5.11. The summed E-state index contributed by atoms with van der Waals surface area (Å²) in [6.45, 7) is 3.73. The number of nitrogens with zero attached hydrogens (tertiary/aromatic N) is 6. The number of alkyl halides is 3. The number of carboxylic acid groups (broad SMARTS) is 1. The summed E-state index contributed by atoms with van der Waals surface area (Å²) in [5.41, 5.74) is -0.0785. The van der Waals surface area contributed by atoms with Crippen molar-refractivity contribution in [2.45, 2.75) is 19.0 Å². The van der Waals surface area contributed by atoms with Gasteiger partial charge in [0.2, 0.25) is 0 Å². The number of anilines is 1. The van der Waals surface area contributed by atoms with E-state index in [1.165, 1.54) is 35.2 Å². The van der Waals surface area contributed by atoms with Crippen LogP contribution in [0.15, 0.2) is 78.9 Å². The van der Waals surface area contributed by atoms with Crippen molar-refractivity contribution < 1.29 is 32.7 Å². The van der Waals surface area contributed by atoms with Crippen LogP contribution in [-0.4, -0.2) is 80.9 Å². The molecule has 1 unspecified atom stereocenters. The lowest BCUT2D eigenvalue weighted by molar-refractivity contribution is -0.138. The first kappa shape index (κ1) is 33.8. The fourth-order valence-electron chi connectivity index (χ4n) is 4.51. The molecule has 2 amide bonds. The normalized spacial score (nSPS) is 13.7. The van der Waals surface area contributed by atoms with Crippen molar-refractivity contribution >= 4 is 35.2 Å². The Morgan fingerprint density at radius 2 is 1.48 bits per heavy atom. The van der Waals surface area contributed by atoms with Gasteiger partial charge in [-0.05, 0) is 47.9 Å². The van der Waals surface area contributed by atoms with Crippen molar-refractivity contribution in [1.29, 1.82) is 0 Å². The Balaban J connectivity index is 0.000000409. The van der Waals surface area contributed by atoms with Crippen LogP contribution in [-0.2, 0) is 6.18 Å². The molecule has 1 aliphatic heterocycles. The largest absolute Gasteiger partial charge is 0.476 e. The number of hydrogen-bond acceptors (Lipinski definition) is 8. The smallest absolute Gasteiger partial charge is 0.417 e. The Morgan fingerprint density at radius 1 is 0.848 bits per heavy atom. The topological polar surface area (TPSA) is 142 Å². The quantitative estimate of drug-likeness (QED) is 0.287. The summed E-state index contributed by atoms with van der Waals surface area (Å²) >= 11 is 5.35. The molecule has 1 fully saturated rings. The average molecular weight is 656 g/mol. The van der Waals surface area contributed by atoms with Gasteiger partial charge < -0.3 is 20.2 Å². The number of carboxylic acids is 1. The summed E-state index contributed by atoms with van der Waals surface area (Å²) < 4.78 is 39.9. The highest BCUT2D eigenvalue weighted by Gasteiger charge is 2.36. The summed E-state index contributed by atoms with van der Waals surface area (Å²) in [5, 5.41) is 26.2. The molecule has 240 valence electrons. The van der Waals surface area contributed by atoms with Crippen molar-refractivity contribution in [2.24, 2.45) is 0 Å². The van der Waals surface area contributed by atoms with Crippen molar-refractivity contribution in [1.82, 2.24) is 30.6 Å². The monoisotopic (exact) mass is 655 g/mol. The zero-order chi connectivity index (χ0) is 33.3. The van der Waals surface area contributed by atoms with Crippen LogP contribution in [0.2, 0.25) is 5.15 Å². The SMILES string of the molecule is CC(CNC(=O)c1ccc(N2CCN(C(=O)c3ccccc3C(F)(F)F)CC2)nn1)c1ccccc1.O=C(O)c1ccc(Cl)nn1. The second kappa shape index (κ2) is 15.3. The van der Waals surface area contributed by atoms with Gasteiger partial charge in [-0.25, -0.2) is 4.79 Å². The fourth-order valence-corrected chi connectivity index (χ4v) is 4.61. The molecule has 5 rings (SSSR count). The van der Waals surface area contributed by atoms with Crippen molar-refractivity contribution in [2.75, 3.05) is 37.6 Å². The van der Waals surface area contributed by atoms with Gasteiger partial charge in [0.25, 0.3) is 11.8 Å². The van der Waals surface area contributed by atoms with E-state index in [-0.39, 0.29) is 47.0 Å². The lowest BCUT2D eigenvalue weighted by Crippen LogP contribution is -2.49. The molecule has 2 aromatic carbocycles. The molecule has 46 heavy (non-hydrogen) atoms. The fraction of sp³-hybridized carbons (Fsp3) is 0.258. The van der Waals surface area contributed by atoms with E-state index < -0.39 is 23.6 Å². The van der Waals surface area contributed by atoms with Crippen LogP contribution in [0, 0.1) is 0 Å². The Labute approximate surface area is 267 Å². The lowest BCUT2D eigenvalue weighted by atomic mass is 10.0. The third kappa shape index (κ3) is 8.97. The van der Waals surface area contributed by atoms with Crippen molar-refractivity contribution in [3.63, 3.8) is 0 Å². The van der Waals surface area contributed by atoms with E-state index in [1.54, 1.807) is 12.1 Å². The molecule has 4 aromatic rings. The van der Waals surface area contributed by atoms with Gasteiger partial charge in [-0.3, -0.25) is 9.59 Å². The van der Waals surface area contributed by atoms with Crippen LogP contribution in [0.1, 0.15) is 55.3 Å². The molecule has 0 saturated carbocycles. The van der Waals surface area contributed by atoms with Gasteiger partial charge in [-0.1, -0.05) is 61.0 Å². The van der Waals surface area contributed by atoms with Gasteiger partial charge in [-0.2, -0.15) is 13.2 Å². The van der Waals surface area contributed by atoms with E-state index in [9.17, 15) is 27.6 Å². The third-order valence-electron chi connectivity index (χ3n) is 7.03. The minimum Gasteiger partial charge on any atom is -0.476 e. The second-order valence-corrected chi connectivity index (χ2v) is 10.6. The molecule has 2 N–H and O–H groups in total. The Morgan fingerprint density at radius 3 is 2.07 bits per heavy atom. The van der Waals surface area contributed by atoms with Crippen LogP contribution in [0.5, 0.6) is 0 Å². The number of amides is 2. The number of rotatable bonds is 7. The first-order valence-corrected chi connectivity index (χ1v) is 14.4. The van der Waals surface area contributed by atoms with E-state index in [0.717, 1.165) is 11.6 Å². The van der Waals surface area contributed by atoms with Gasteiger partial charge >= 0.3 is 12.1 Å². The maximum atomic E-state index is 13.3. The highest BCUT2D eigenvalue weighted by molar-refractivity contribution is 6.29. The van der Waals surface area contributed by atoms with Crippen LogP contribution in [0.3, 0.4) is 0 Å². The van der Waals surface area contributed by atoms with Gasteiger partial charge in [0.15, 0.2) is 22.4 Å². The van der Waals surface area contributed by atoms with Crippen LogP contribution >= 0.6 is 11.6 Å². The highest BCUT2D eigenvalue weighted by Crippen LogP contribution is 2.32. The molecule has 0 bridgehead atoms. The first-order valence-electron chi connectivity index (χ1n) is 14.0. The predicted molar refractivity (Wildman–Crippen MR) is 163 cm³/mol. The summed E-state index contributed by atoms with van der Waals surface area (Å²) in [7, 11) is 0. The number of aromatic nitrogens is 4. The van der Waals surface area contributed by atoms with E-state index >= 15 is 0 Å². The number of benzene rings is 2. The Bertz CT molecular complexity index is 1630. The van der Waals surface area contributed by atoms with E-state index in [1.807, 2.05) is 42.2 Å². The molecule has 1 saturated heterocycles. The molecule has 1 atom stereocenters. The van der Waals surface area contributed by atoms with Crippen LogP contribution < -0.4 is 10.2 Å². The third-order valence-corrected chi connectivity index (χ3v) is 7.23. The van der Waals surface area contributed by atoms with E-state index in [2.05, 4.69) is 25.7 Å². The molecule has 0 spiro atoms. The zero-order valence-corrected chi connectivity index (χ0v) is 25.2. The molecule has 0 radical (unpaired) electrons. The minimum atomic E-state index is -4.60. The first-order chi connectivity index (χ1) is 21.9. The molecular formula is C31H29ClF3N7O4. The number of nitrogens with one attached hydrogen (secondary N) is 1. The molecule has 15 heteroatoms. The number of hydrogen-bond donors (Lipinski definition) is 2. The van der Waals surface area contributed by atoms with Crippen molar-refractivity contribution in [3.05, 3.63) is 112 Å². The predicted octanol–water partition coefficient (Wildman–Crippen LogP) is 4.82. The van der Waals surface area contributed by atoms with Gasteiger partial charge in [0.05, 0.1) is 11.1 Å². The number of halogens is 4. The minimum absolute atomic E-state index is 0.107. The zero-order valence-electron chi connectivity index (χ0n) is 24.5. The summed E-state index contributed by atoms with van der Waals surface area (Å²) in [5.74, 6) is -1.40. The molecule has 0 aliphatic carbocycles. The van der Waals surface area contributed by atoms with Crippen LogP contribution in [0.4, 0.5) is 19.0 Å². The van der Waals surface area contributed by atoms with Gasteiger partial charge in [-0.15, -0.1) is 20.4 Å². The maximum Gasteiger partial charge on any atom is 0.417 e. The van der Waals surface area contributed by atoms with Gasteiger partial charge in [0, 0.05) is 32.7 Å². The van der Waals surface area contributed by atoms with Crippen molar-refractivity contribution in [3.8, 4) is 0 Å². The van der Waals surface area contributed by atoms with E-state index in [4.69, 9.17) is 16.7 Å². The summed E-state index contributed by atoms with van der Waals surface area (Å²) in [4.78, 5) is 38.7. The summed E-state index contributed by atoms with van der Waals surface area (Å²) in [6, 6.07) is 20.6. The number of aromatic carboxylic acids is 1. The Kier molecular flexibility index (Phi) is 11.2. The summed E-state index contributed by atoms with van der Waals surface area (Å²) in [6.07, 6.45) is -4.60. The second-order valence-electron chi connectivity index (χ2n) is 10.2. The molecule has 3 heterocycles. The van der Waals surface area contributed by atoms with Gasteiger partial charge in [0.1, 0.15) is 0 Å². The number of piperazine rings is 1.